The highest BCUT2D eigenvalue weighted by atomic mass is 16.5. The maximum atomic E-state index is 11.3. The SMILES string of the molecule is CN(C)C(=O)CCOc1ccccc1C#N. The third kappa shape index (κ3) is 3.28. The maximum absolute atomic E-state index is 11.3. The predicted molar refractivity (Wildman–Crippen MR) is 60.0 cm³/mol. The number of amides is 1. The molecule has 0 saturated heterocycles. The number of rotatable bonds is 4. The van der Waals surface area contributed by atoms with Crippen molar-refractivity contribution in [2.75, 3.05) is 20.7 Å². The monoisotopic (exact) mass is 218 g/mol. The second kappa shape index (κ2) is 5.76. The summed E-state index contributed by atoms with van der Waals surface area (Å²) in [5.74, 6) is 0.533. The van der Waals surface area contributed by atoms with E-state index in [4.69, 9.17) is 10.00 Å². The van der Waals surface area contributed by atoms with Crippen LogP contribution in [0.3, 0.4) is 0 Å². The molecule has 0 aromatic heterocycles. The molecule has 0 fully saturated rings. The Morgan fingerprint density at radius 1 is 1.44 bits per heavy atom. The van der Waals surface area contributed by atoms with Gasteiger partial charge in [0.25, 0.3) is 0 Å². The molecule has 1 amide bonds. The fourth-order valence-corrected chi connectivity index (χ4v) is 1.16. The highest BCUT2D eigenvalue weighted by Crippen LogP contribution is 2.16. The third-order valence-electron chi connectivity index (χ3n) is 2.08. The zero-order chi connectivity index (χ0) is 12.0. The second-order valence-electron chi connectivity index (χ2n) is 3.49. The highest BCUT2D eigenvalue weighted by molar-refractivity contribution is 5.75. The van der Waals surface area contributed by atoms with E-state index in [-0.39, 0.29) is 12.5 Å². The van der Waals surface area contributed by atoms with Crippen molar-refractivity contribution < 1.29 is 9.53 Å². The Morgan fingerprint density at radius 2 is 2.12 bits per heavy atom. The van der Waals surface area contributed by atoms with E-state index in [1.165, 1.54) is 4.90 Å². The van der Waals surface area contributed by atoms with Gasteiger partial charge in [0.05, 0.1) is 18.6 Å². The molecule has 0 N–H and O–H groups in total. The number of nitrogens with zero attached hydrogens (tertiary/aromatic N) is 2. The van der Waals surface area contributed by atoms with Crippen LogP contribution in [0.2, 0.25) is 0 Å². The average molecular weight is 218 g/mol. The summed E-state index contributed by atoms with van der Waals surface area (Å²) in [6, 6.07) is 9.01. The Hall–Kier alpha value is -2.02. The van der Waals surface area contributed by atoms with Gasteiger partial charge in [0.1, 0.15) is 11.8 Å². The summed E-state index contributed by atoms with van der Waals surface area (Å²) in [5.41, 5.74) is 0.486. The van der Waals surface area contributed by atoms with Crippen molar-refractivity contribution in [2.45, 2.75) is 6.42 Å². The van der Waals surface area contributed by atoms with Gasteiger partial charge in [-0.05, 0) is 12.1 Å². The molecule has 1 aromatic rings. The average Bonchev–Trinajstić information content (AvgIpc) is 2.29. The molecule has 0 radical (unpaired) electrons. The van der Waals surface area contributed by atoms with E-state index in [9.17, 15) is 4.79 Å². The molecule has 4 heteroatoms. The van der Waals surface area contributed by atoms with E-state index in [1.807, 2.05) is 6.07 Å². The quantitative estimate of drug-likeness (QED) is 0.767. The molecule has 0 unspecified atom stereocenters. The Bertz CT molecular complexity index is 408. The summed E-state index contributed by atoms with van der Waals surface area (Å²) < 4.78 is 5.38. The molecular formula is C12H14N2O2. The van der Waals surface area contributed by atoms with Gasteiger partial charge in [0.15, 0.2) is 0 Å². The van der Waals surface area contributed by atoms with Crippen molar-refractivity contribution in [3.8, 4) is 11.8 Å². The number of para-hydroxylation sites is 1. The Kier molecular flexibility index (Phi) is 4.34. The van der Waals surface area contributed by atoms with Crippen LogP contribution in [-0.4, -0.2) is 31.5 Å². The molecule has 1 aromatic carbocycles. The number of hydrogen-bond acceptors (Lipinski definition) is 3. The first-order valence-corrected chi connectivity index (χ1v) is 4.97. The molecule has 1 rings (SSSR count). The number of benzene rings is 1. The second-order valence-corrected chi connectivity index (χ2v) is 3.49. The van der Waals surface area contributed by atoms with Crippen LogP contribution in [-0.2, 0) is 4.79 Å². The topological polar surface area (TPSA) is 53.3 Å². The Morgan fingerprint density at radius 3 is 2.75 bits per heavy atom. The molecule has 0 aliphatic carbocycles. The van der Waals surface area contributed by atoms with E-state index in [1.54, 1.807) is 38.4 Å². The molecule has 0 saturated carbocycles. The van der Waals surface area contributed by atoms with Crippen molar-refractivity contribution in [3.63, 3.8) is 0 Å². The van der Waals surface area contributed by atoms with Gasteiger partial charge >= 0.3 is 0 Å². The zero-order valence-electron chi connectivity index (χ0n) is 9.43. The molecule has 0 heterocycles. The predicted octanol–water partition coefficient (Wildman–Crippen LogP) is 1.42. The number of carbonyl (C=O) groups is 1. The van der Waals surface area contributed by atoms with Crippen LogP contribution in [0.1, 0.15) is 12.0 Å². The molecule has 84 valence electrons. The fraction of sp³-hybridized carbons (Fsp3) is 0.333. The van der Waals surface area contributed by atoms with E-state index in [0.29, 0.717) is 17.7 Å². The van der Waals surface area contributed by atoms with Crippen molar-refractivity contribution in [1.29, 1.82) is 5.26 Å². The van der Waals surface area contributed by atoms with Gasteiger partial charge < -0.3 is 9.64 Å². The lowest BCUT2D eigenvalue weighted by Gasteiger charge is -2.11. The summed E-state index contributed by atoms with van der Waals surface area (Å²) in [6.07, 6.45) is 0.312. The third-order valence-corrected chi connectivity index (χ3v) is 2.08. The normalized spacial score (nSPS) is 9.31. The van der Waals surface area contributed by atoms with Crippen molar-refractivity contribution in [3.05, 3.63) is 29.8 Å². The number of nitriles is 1. The minimum Gasteiger partial charge on any atom is -0.492 e. The standard InChI is InChI=1S/C12H14N2O2/c1-14(2)12(15)7-8-16-11-6-4-3-5-10(11)9-13/h3-6H,7-8H2,1-2H3. The van der Waals surface area contributed by atoms with Crippen LogP contribution in [0.25, 0.3) is 0 Å². The highest BCUT2D eigenvalue weighted by Gasteiger charge is 2.05. The number of hydrogen-bond donors (Lipinski definition) is 0. The lowest BCUT2D eigenvalue weighted by molar-refractivity contribution is -0.129. The minimum atomic E-state index is 0.00874. The number of ether oxygens (including phenoxy) is 1. The molecule has 0 atom stereocenters. The summed E-state index contributed by atoms with van der Waals surface area (Å²) in [6.45, 7) is 0.287. The van der Waals surface area contributed by atoms with Crippen molar-refractivity contribution in [1.82, 2.24) is 4.90 Å². The van der Waals surface area contributed by atoms with Crippen LogP contribution in [0.5, 0.6) is 5.75 Å². The lowest BCUT2D eigenvalue weighted by atomic mass is 10.2. The van der Waals surface area contributed by atoms with Gasteiger partial charge in [-0.1, -0.05) is 12.1 Å². The smallest absolute Gasteiger partial charge is 0.225 e. The van der Waals surface area contributed by atoms with Gasteiger partial charge in [-0.15, -0.1) is 0 Å². The minimum absolute atomic E-state index is 0.00874. The summed E-state index contributed by atoms with van der Waals surface area (Å²) in [5, 5.41) is 8.81. The van der Waals surface area contributed by atoms with Gasteiger partial charge in [0, 0.05) is 14.1 Å². The summed E-state index contributed by atoms with van der Waals surface area (Å²) >= 11 is 0. The molecule has 0 aliphatic rings. The van der Waals surface area contributed by atoms with Crippen molar-refractivity contribution >= 4 is 5.91 Å². The first-order valence-electron chi connectivity index (χ1n) is 4.97. The fourth-order valence-electron chi connectivity index (χ4n) is 1.16. The first-order chi connectivity index (χ1) is 7.65. The lowest BCUT2D eigenvalue weighted by Crippen LogP contribution is -2.23. The van der Waals surface area contributed by atoms with Crippen LogP contribution < -0.4 is 4.74 Å². The molecular weight excluding hydrogens is 204 g/mol. The summed E-state index contributed by atoms with van der Waals surface area (Å²) in [4.78, 5) is 12.8. The van der Waals surface area contributed by atoms with E-state index in [0.717, 1.165) is 0 Å². The molecule has 4 nitrogen and oxygen atoms in total. The molecule has 16 heavy (non-hydrogen) atoms. The van der Waals surface area contributed by atoms with Crippen LogP contribution in [0.15, 0.2) is 24.3 Å². The van der Waals surface area contributed by atoms with Gasteiger partial charge in [-0.3, -0.25) is 4.79 Å². The maximum Gasteiger partial charge on any atom is 0.225 e. The zero-order valence-corrected chi connectivity index (χ0v) is 9.43. The van der Waals surface area contributed by atoms with Crippen LogP contribution in [0.4, 0.5) is 0 Å². The largest absolute Gasteiger partial charge is 0.492 e. The molecule has 0 bridgehead atoms. The van der Waals surface area contributed by atoms with Gasteiger partial charge in [0.2, 0.25) is 5.91 Å². The molecule has 0 spiro atoms. The van der Waals surface area contributed by atoms with Gasteiger partial charge in [-0.25, -0.2) is 0 Å². The summed E-state index contributed by atoms with van der Waals surface area (Å²) in [7, 11) is 3.40. The molecule has 0 aliphatic heterocycles. The van der Waals surface area contributed by atoms with E-state index in [2.05, 4.69) is 0 Å². The Labute approximate surface area is 95.0 Å². The van der Waals surface area contributed by atoms with E-state index >= 15 is 0 Å². The van der Waals surface area contributed by atoms with Gasteiger partial charge in [-0.2, -0.15) is 5.26 Å². The van der Waals surface area contributed by atoms with E-state index < -0.39 is 0 Å². The van der Waals surface area contributed by atoms with Crippen LogP contribution in [0, 0.1) is 11.3 Å². The Balaban J connectivity index is 2.50. The first kappa shape index (κ1) is 12.1. The van der Waals surface area contributed by atoms with Crippen LogP contribution >= 0.6 is 0 Å². The van der Waals surface area contributed by atoms with Crippen molar-refractivity contribution in [2.24, 2.45) is 0 Å². The number of carbonyl (C=O) groups excluding carboxylic acids is 1.